The summed E-state index contributed by atoms with van der Waals surface area (Å²) in [5, 5.41) is 38.8. The van der Waals surface area contributed by atoms with E-state index in [1.54, 1.807) is 0 Å². The van der Waals surface area contributed by atoms with Crippen LogP contribution in [-0.4, -0.2) is 75.9 Å². The second-order valence-electron chi connectivity index (χ2n) is 9.41. The van der Waals surface area contributed by atoms with Crippen molar-refractivity contribution in [1.29, 1.82) is 0 Å². The highest BCUT2D eigenvalue weighted by molar-refractivity contribution is 7.99. The molecule has 1 aliphatic rings. The normalized spacial score (nSPS) is 25.4. The number of hydrogen-bond donors (Lipinski definition) is 4. The van der Waals surface area contributed by atoms with Crippen molar-refractivity contribution >= 4 is 11.8 Å². The predicted octanol–water partition coefficient (Wildman–Crippen LogP) is 4.57. The molecule has 5 atom stereocenters. The monoisotopic (exact) mass is 490 g/mol. The maximum atomic E-state index is 9.98. The Kier molecular flexibility index (Phi) is 18.8. The highest BCUT2D eigenvalue weighted by Gasteiger charge is 2.43. The van der Waals surface area contributed by atoms with Crippen LogP contribution in [-0.2, 0) is 9.47 Å². The number of aliphatic hydroxyl groups is 4. The van der Waals surface area contributed by atoms with Crippen LogP contribution < -0.4 is 0 Å². The number of unbranched alkanes of at least 4 members (excludes halogenated alkanes) is 13. The number of hydrogen-bond acceptors (Lipinski definition) is 7. The Labute approximate surface area is 206 Å². The van der Waals surface area contributed by atoms with Crippen LogP contribution in [0, 0.1) is 0 Å². The minimum Gasteiger partial charge on any atom is -0.394 e. The third-order valence-corrected chi connectivity index (χ3v) is 7.44. The molecule has 0 amide bonds. The third-order valence-electron chi connectivity index (χ3n) is 6.25. The van der Waals surface area contributed by atoms with Crippen LogP contribution in [0.5, 0.6) is 0 Å². The van der Waals surface area contributed by atoms with Gasteiger partial charge >= 0.3 is 0 Å². The molecule has 0 bridgehead atoms. The molecule has 0 aromatic carbocycles. The lowest BCUT2D eigenvalue weighted by atomic mass is 9.99. The van der Waals surface area contributed by atoms with Gasteiger partial charge < -0.3 is 29.9 Å². The first kappa shape index (κ1) is 30.9. The Morgan fingerprint density at radius 1 is 0.788 bits per heavy atom. The van der Waals surface area contributed by atoms with Gasteiger partial charge in [-0.1, -0.05) is 97.0 Å². The molecule has 1 rings (SSSR count). The fourth-order valence-electron chi connectivity index (χ4n) is 4.06. The Morgan fingerprint density at radius 2 is 1.30 bits per heavy atom. The summed E-state index contributed by atoms with van der Waals surface area (Å²) >= 11 is 1.83. The Bertz CT molecular complexity index is 476. The van der Waals surface area contributed by atoms with Gasteiger partial charge in [-0.05, 0) is 17.7 Å². The van der Waals surface area contributed by atoms with E-state index in [0.29, 0.717) is 0 Å². The van der Waals surface area contributed by atoms with Gasteiger partial charge in [-0.3, -0.25) is 0 Å². The summed E-state index contributed by atoms with van der Waals surface area (Å²) in [6.45, 7) is 6.01. The molecular formula is C26H50O6S. The standard InChI is InChI=1S/C26H50O6S/c1-3-4-5-6-7-8-9-10-11-12-13-14-15-16-17-33-20-21(2)19-31-26-25(30)24(29)23(28)22(18-27)32-26/h22-30H,2-20H2,1H3/t22-,23-,24+,25-,26-/m1/s1. The van der Waals surface area contributed by atoms with Crippen molar-refractivity contribution in [1.82, 2.24) is 0 Å². The maximum absolute atomic E-state index is 9.98. The van der Waals surface area contributed by atoms with E-state index < -0.39 is 37.3 Å². The SMILES string of the molecule is C=C(CO[C@@H]1O[C@H](CO)[C@@H](O)[C@H](O)[C@H]1O)CSCCCCCCCCCCCCCCCC. The molecule has 1 aliphatic heterocycles. The minimum absolute atomic E-state index is 0.203. The van der Waals surface area contributed by atoms with Crippen molar-refractivity contribution in [3.05, 3.63) is 12.2 Å². The van der Waals surface area contributed by atoms with Crippen molar-refractivity contribution in [2.24, 2.45) is 0 Å². The molecule has 0 aromatic heterocycles. The molecule has 7 heteroatoms. The van der Waals surface area contributed by atoms with Crippen molar-refractivity contribution in [3.8, 4) is 0 Å². The van der Waals surface area contributed by atoms with Gasteiger partial charge in [-0.25, -0.2) is 0 Å². The van der Waals surface area contributed by atoms with Crippen LogP contribution in [0.3, 0.4) is 0 Å². The summed E-state index contributed by atoms with van der Waals surface area (Å²) in [4.78, 5) is 0. The Hall–Kier alpha value is -0.150. The Morgan fingerprint density at radius 3 is 1.82 bits per heavy atom. The molecule has 0 spiro atoms. The van der Waals surface area contributed by atoms with Crippen molar-refractivity contribution in [2.45, 2.75) is 128 Å². The van der Waals surface area contributed by atoms with Gasteiger partial charge in [0.2, 0.25) is 0 Å². The third kappa shape index (κ3) is 14.1. The molecule has 6 nitrogen and oxygen atoms in total. The van der Waals surface area contributed by atoms with Crippen molar-refractivity contribution in [3.63, 3.8) is 0 Å². The molecular weight excluding hydrogens is 440 g/mol. The van der Waals surface area contributed by atoms with Crippen LogP contribution in [0.25, 0.3) is 0 Å². The van der Waals surface area contributed by atoms with Crippen LogP contribution >= 0.6 is 11.8 Å². The smallest absolute Gasteiger partial charge is 0.187 e. The zero-order chi connectivity index (χ0) is 24.3. The highest BCUT2D eigenvalue weighted by atomic mass is 32.2. The van der Waals surface area contributed by atoms with Gasteiger partial charge in [0.15, 0.2) is 6.29 Å². The van der Waals surface area contributed by atoms with E-state index in [9.17, 15) is 20.4 Å². The average molecular weight is 491 g/mol. The molecule has 0 unspecified atom stereocenters. The molecule has 1 fully saturated rings. The second kappa shape index (κ2) is 20.1. The van der Waals surface area contributed by atoms with Crippen LogP contribution in [0.15, 0.2) is 12.2 Å². The molecule has 0 saturated carbocycles. The number of ether oxygens (including phenoxy) is 2. The molecule has 0 radical (unpaired) electrons. The molecule has 0 aromatic rings. The number of thioether (sulfide) groups is 1. The summed E-state index contributed by atoms with van der Waals surface area (Å²) in [6, 6.07) is 0. The minimum atomic E-state index is -1.41. The van der Waals surface area contributed by atoms with Gasteiger partial charge in [-0.15, -0.1) is 0 Å². The molecule has 1 heterocycles. The first-order chi connectivity index (χ1) is 16.0. The van der Waals surface area contributed by atoms with E-state index in [1.165, 1.54) is 89.9 Å². The zero-order valence-corrected chi connectivity index (χ0v) is 21.7. The molecule has 1 saturated heterocycles. The summed E-state index contributed by atoms with van der Waals surface area (Å²) in [5.74, 6) is 1.87. The average Bonchev–Trinajstić information content (AvgIpc) is 2.82. The van der Waals surface area contributed by atoms with Crippen LogP contribution in [0.2, 0.25) is 0 Å². The number of aliphatic hydroxyl groups excluding tert-OH is 4. The topological polar surface area (TPSA) is 99.4 Å². The first-order valence-corrected chi connectivity index (χ1v) is 14.3. The van der Waals surface area contributed by atoms with E-state index in [4.69, 9.17) is 9.47 Å². The van der Waals surface area contributed by atoms with Gasteiger partial charge in [0, 0.05) is 5.75 Å². The molecule has 33 heavy (non-hydrogen) atoms. The largest absolute Gasteiger partial charge is 0.394 e. The predicted molar refractivity (Wildman–Crippen MR) is 136 cm³/mol. The van der Waals surface area contributed by atoms with E-state index in [-0.39, 0.29) is 6.61 Å². The molecule has 196 valence electrons. The fraction of sp³-hybridized carbons (Fsp3) is 0.923. The van der Waals surface area contributed by atoms with Gasteiger partial charge in [0.1, 0.15) is 24.4 Å². The fourth-order valence-corrected chi connectivity index (χ4v) is 4.99. The van der Waals surface area contributed by atoms with E-state index >= 15 is 0 Å². The summed E-state index contributed by atoms with van der Waals surface area (Å²) in [5.41, 5.74) is 0.877. The van der Waals surface area contributed by atoms with Gasteiger partial charge in [-0.2, -0.15) is 11.8 Å². The lowest BCUT2D eigenvalue weighted by molar-refractivity contribution is -0.298. The van der Waals surface area contributed by atoms with Crippen molar-refractivity contribution in [2.75, 3.05) is 24.7 Å². The van der Waals surface area contributed by atoms with E-state index in [0.717, 1.165) is 17.1 Å². The molecule has 0 aliphatic carbocycles. The van der Waals surface area contributed by atoms with Crippen molar-refractivity contribution < 1.29 is 29.9 Å². The summed E-state index contributed by atoms with van der Waals surface area (Å²) in [7, 11) is 0. The second-order valence-corrected chi connectivity index (χ2v) is 10.5. The quantitative estimate of drug-likeness (QED) is 0.138. The van der Waals surface area contributed by atoms with Gasteiger partial charge in [0.25, 0.3) is 0 Å². The van der Waals surface area contributed by atoms with Crippen LogP contribution in [0.1, 0.15) is 96.8 Å². The summed E-state index contributed by atoms with van der Waals surface area (Å²) < 4.78 is 10.9. The maximum Gasteiger partial charge on any atom is 0.187 e. The Balaban J connectivity index is 1.90. The summed E-state index contributed by atoms with van der Waals surface area (Å²) in [6.07, 6.45) is 12.9. The lowest BCUT2D eigenvalue weighted by Gasteiger charge is -2.39. The highest BCUT2D eigenvalue weighted by Crippen LogP contribution is 2.23. The molecule has 4 N–H and O–H groups in total. The first-order valence-electron chi connectivity index (χ1n) is 13.2. The number of rotatable bonds is 21. The lowest BCUT2D eigenvalue weighted by Crippen LogP contribution is -2.59. The van der Waals surface area contributed by atoms with E-state index in [2.05, 4.69) is 13.5 Å². The van der Waals surface area contributed by atoms with Crippen LogP contribution in [0.4, 0.5) is 0 Å². The van der Waals surface area contributed by atoms with Gasteiger partial charge in [0.05, 0.1) is 13.2 Å². The van der Waals surface area contributed by atoms with E-state index in [1.807, 2.05) is 11.8 Å². The zero-order valence-electron chi connectivity index (χ0n) is 20.8.